The second kappa shape index (κ2) is 5.56. The minimum absolute atomic E-state index is 0.797. The van der Waals surface area contributed by atoms with E-state index < -0.39 is 0 Å². The molecule has 2 N–H and O–H groups in total. The van der Waals surface area contributed by atoms with Crippen molar-refractivity contribution in [1.82, 2.24) is 9.97 Å². The van der Waals surface area contributed by atoms with Gasteiger partial charge in [-0.2, -0.15) is 0 Å². The number of aromatic amines is 2. The SMILES string of the molecule is [B]=CC1=NC(=Cc2[nH]c(-c3ccc[nH]3)c(CC)c2C)C=C1. The summed E-state index contributed by atoms with van der Waals surface area (Å²) < 4.78 is 0. The van der Waals surface area contributed by atoms with Crippen LogP contribution in [-0.4, -0.2) is 29.1 Å². The van der Waals surface area contributed by atoms with Crippen molar-refractivity contribution in [3.8, 4) is 11.4 Å². The van der Waals surface area contributed by atoms with E-state index in [2.05, 4.69) is 41.0 Å². The molecule has 4 heteroatoms. The van der Waals surface area contributed by atoms with Crippen molar-refractivity contribution < 1.29 is 0 Å². The molecular weight excluding hydrogens is 257 g/mol. The number of hydrogen-bond donors (Lipinski definition) is 2. The van der Waals surface area contributed by atoms with Crippen molar-refractivity contribution in [3.63, 3.8) is 0 Å². The Hall–Kier alpha value is -2.36. The van der Waals surface area contributed by atoms with E-state index in [-0.39, 0.29) is 0 Å². The summed E-state index contributed by atoms with van der Waals surface area (Å²) in [6.45, 7) is 4.32. The molecule has 1 aliphatic rings. The van der Waals surface area contributed by atoms with Gasteiger partial charge in [0, 0.05) is 0 Å². The molecule has 0 fully saturated rings. The molecule has 0 spiro atoms. The van der Waals surface area contributed by atoms with Gasteiger partial charge < -0.3 is 0 Å². The molecular formula is C17H17BN3. The summed E-state index contributed by atoms with van der Waals surface area (Å²) in [5.41, 5.74) is 7.68. The van der Waals surface area contributed by atoms with Gasteiger partial charge in [-0.15, -0.1) is 0 Å². The van der Waals surface area contributed by atoms with Crippen LogP contribution in [0.3, 0.4) is 0 Å². The molecule has 0 aliphatic carbocycles. The first-order valence-electron chi connectivity index (χ1n) is 7.11. The van der Waals surface area contributed by atoms with E-state index in [1.165, 1.54) is 17.1 Å². The van der Waals surface area contributed by atoms with Gasteiger partial charge in [0.05, 0.1) is 0 Å². The number of H-pyrrole nitrogens is 2. The zero-order chi connectivity index (χ0) is 14.8. The van der Waals surface area contributed by atoms with Crippen LogP contribution in [0.4, 0.5) is 0 Å². The zero-order valence-corrected chi connectivity index (χ0v) is 12.3. The molecule has 0 amide bonds. The average Bonchev–Trinajstić information content (AvgIpc) is 3.20. The maximum absolute atomic E-state index is 5.49. The second-order valence-electron chi connectivity index (χ2n) is 5.06. The quantitative estimate of drug-likeness (QED) is 0.804. The third-order valence-electron chi connectivity index (χ3n) is 3.78. The first kappa shape index (κ1) is 13.6. The summed E-state index contributed by atoms with van der Waals surface area (Å²) >= 11 is 0. The molecule has 1 aliphatic heterocycles. The van der Waals surface area contributed by atoms with E-state index in [0.29, 0.717) is 0 Å². The molecule has 3 rings (SSSR count). The summed E-state index contributed by atoms with van der Waals surface area (Å²) in [6, 6.07) is 4.09. The molecule has 3 nitrogen and oxygen atoms in total. The first-order chi connectivity index (χ1) is 10.2. The van der Waals surface area contributed by atoms with Crippen molar-refractivity contribution in [2.24, 2.45) is 4.99 Å². The molecule has 0 saturated carbocycles. The Morgan fingerprint density at radius 3 is 2.81 bits per heavy atom. The Labute approximate surface area is 125 Å². The van der Waals surface area contributed by atoms with E-state index >= 15 is 0 Å². The van der Waals surface area contributed by atoms with Crippen LogP contribution in [0.5, 0.6) is 0 Å². The van der Waals surface area contributed by atoms with E-state index in [0.717, 1.165) is 34.9 Å². The summed E-state index contributed by atoms with van der Waals surface area (Å²) in [5, 5.41) is 0. The van der Waals surface area contributed by atoms with Crippen LogP contribution in [0, 0.1) is 6.92 Å². The van der Waals surface area contributed by atoms with Gasteiger partial charge in [0.25, 0.3) is 0 Å². The van der Waals surface area contributed by atoms with Crippen LogP contribution in [0.15, 0.2) is 41.2 Å². The zero-order valence-electron chi connectivity index (χ0n) is 12.3. The van der Waals surface area contributed by atoms with Crippen molar-refractivity contribution in [3.05, 3.63) is 53.0 Å². The molecule has 3 heterocycles. The third kappa shape index (κ3) is 2.49. The van der Waals surface area contributed by atoms with Gasteiger partial charge in [-0.25, -0.2) is 0 Å². The molecule has 2 aromatic rings. The fourth-order valence-corrected chi connectivity index (χ4v) is 2.67. The topological polar surface area (TPSA) is 43.9 Å². The summed E-state index contributed by atoms with van der Waals surface area (Å²) in [7, 11) is 5.49. The van der Waals surface area contributed by atoms with E-state index in [1.54, 1.807) is 0 Å². The molecule has 2 aromatic heterocycles. The normalized spacial score (nSPS) is 15.7. The number of hydrogen-bond acceptors (Lipinski definition) is 1. The maximum atomic E-state index is 5.49. The van der Waals surface area contributed by atoms with Crippen LogP contribution >= 0.6 is 0 Å². The number of aliphatic imine (C=N–C) groups is 1. The molecule has 0 unspecified atom stereocenters. The number of nitrogens with one attached hydrogen (secondary N) is 2. The van der Waals surface area contributed by atoms with Gasteiger partial charge in [0.15, 0.2) is 0 Å². The first-order valence-corrected chi connectivity index (χ1v) is 7.11. The number of nitrogens with zero attached hydrogens (tertiary/aromatic N) is 1. The number of aromatic nitrogens is 2. The van der Waals surface area contributed by atoms with E-state index in [4.69, 9.17) is 7.49 Å². The molecule has 103 valence electrons. The fourth-order valence-electron chi connectivity index (χ4n) is 2.67. The van der Waals surface area contributed by atoms with Crippen molar-refractivity contribution >= 4 is 25.2 Å². The van der Waals surface area contributed by atoms with Crippen LogP contribution in [0.25, 0.3) is 17.5 Å². The Kier molecular flexibility index (Phi) is 3.61. The van der Waals surface area contributed by atoms with Gasteiger partial charge in [-0.3, -0.25) is 0 Å². The average molecular weight is 274 g/mol. The predicted molar refractivity (Wildman–Crippen MR) is 91.1 cm³/mol. The van der Waals surface area contributed by atoms with Crippen LogP contribution in [0.1, 0.15) is 23.7 Å². The van der Waals surface area contributed by atoms with Crippen molar-refractivity contribution in [1.29, 1.82) is 0 Å². The van der Waals surface area contributed by atoms with Crippen molar-refractivity contribution in [2.75, 3.05) is 0 Å². The Morgan fingerprint density at radius 1 is 1.33 bits per heavy atom. The molecule has 0 aromatic carbocycles. The molecule has 0 atom stereocenters. The predicted octanol–water partition coefficient (Wildman–Crippen LogP) is 3.20. The number of rotatable bonds is 4. The second-order valence-corrected chi connectivity index (χ2v) is 5.06. The summed E-state index contributed by atoms with van der Waals surface area (Å²) in [5.74, 6) is 1.51. The summed E-state index contributed by atoms with van der Waals surface area (Å²) in [6.07, 6.45) is 8.88. The van der Waals surface area contributed by atoms with Gasteiger partial charge in [-0.1, -0.05) is 0 Å². The van der Waals surface area contributed by atoms with E-state index in [9.17, 15) is 0 Å². The van der Waals surface area contributed by atoms with Crippen molar-refractivity contribution in [2.45, 2.75) is 20.3 Å². The van der Waals surface area contributed by atoms with Gasteiger partial charge in [0.1, 0.15) is 0 Å². The van der Waals surface area contributed by atoms with Gasteiger partial charge in [-0.05, 0) is 0 Å². The van der Waals surface area contributed by atoms with Crippen LogP contribution < -0.4 is 0 Å². The van der Waals surface area contributed by atoms with E-state index in [1.807, 2.05) is 24.4 Å². The molecule has 0 saturated heterocycles. The van der Waals surface area contributed by atoms with Crippen LogP contribution in [-0.2, 0) is 6.42 Å². The van der Waals surface area contributed by atoms with Gasteiger partial charge in [0.2, 0.25) is 0 Å². The molecule has 1 radical (unpaired) electrons. The Balaban J connectivity index is 2.05. The molecule has 0 bridgehead atoms. The minimum atomic E-state index is 0.797. The fraction of sp³-hybridized carbons (Fsp3) is 0.176. The van der Waals surface area contributed by atoms with Gasteiger partial charge >= 0.3 is 125 Å². The standard InChI is InChI=1S/C17H17BN3/c1-3-14-11(2)16(9-12-6-7-13(10-18)20-12)21-17(14)15-5-4-8-19-15/h4-10,19,21H,3H2,1-2H3. The Bertz CT molecular complexity index is 758. The van der Waals surface area contributed by atoms with Crippen LogP contribution in [0.2, 0.25) is 0 Å². The number of allylic oxidation sites excluding steroid dienone is 2. The third-order valence-corrected chi connectivity index (χ3v) is 3.78. The monoisotopic (exact) mass is 274 g/mol. The summed E-state index contributed by atoms with van der Waals surface area (Å²) in [4.78, 5) is 11.2. The Morgan fingerprint density at radius 2 is 2.19 bits per heavy atom. The molecule has 21 heavy (non-hydrogen) atoms.